The first-order valence-electron chi connectivity index (χ1n) is 7.48. The molecule has 2 aliphatic rings. The van der Waals surface area contributed by atoms with E-state index in [1.807, 2.05) is 0 Å². The molecule has 20 heavy (non-hydrogen) atoms. The summed E-state index contributed by atoms with van der Waals surface area (Å²) in [6.07, 6.45) is 5.42. The molecule has 2 fully saturated rings. The van der Waals surface area contributed by atoms with Crippen molar-refractivity contribution in [3.8, 4) is 0 Å². The number of aromatic nitrogens is 2. The van der Waals surface area contributed by atoms with E-state index in [1.165, 1.54) is 0 Å². The molecule has 0 spiro atoms. The van der Waals surface area contributed by atoms with Gasteiger partial charge in [-0.3, -0.25) is 0 Å². The first-order valence-corrected chi connectivity index (χ1v) is 7.48. The molecule has 6 nitrogen and oxygen atoms in total. The minimum Gasteiger partial charge on any atom is -0.393 e. The van der Waals surface area contributed by atoms with E-state index in [0.717, 1.165) is 56.0 Å². The van der Waals surface area contributed by atoms with Gasteiger partial charge in [-0.15, -0.1) is 0 Å². The lowest BCUT2D eigenvalue weighted by Gasteiger charge is -2.23. The summed E-state index contributed by atoms with van der Waals surface area (Å²) in [6.45, 7) is 4.02. The van der Waals surface area contributed by atoms with Gasteiger partial charge in [0.2, 0.25) is 0 Å². The molecule has 0 bridgehead atoms. The van der Waals surface area contributed by atoms with E-state index in [1.54, 1.807) is 6.33 Å². The molecule has 0 amide bonds. The van der Waals surface area contributed by atoms with Gasteiger partial charge in [0.1, 0.15) is 18.0 Å². The van der Waals surface area contributed by atoms with Gasteiger partial charge in [0, 0.05) is 24.6 Å². The van der Waals surface area contributed by atoms with E-state index in [2.05, 4.69) is 27.2 Å². The van der Waals surface area contributed by atoms with Gasteiger partial charge in [0.25, 0.3) is 0 Å². The molecule has 0 aromatic carbocycles. The van der Waals surface area contributed by atoms with Crippen molar-refractivity contribution in [1.82, 2.24) is 9.97 Å². The molecular formula is C14H23N5O. The number of hydrogen-bond donors (Lipinski definition) is 3. The van der Waals surface area contributed by atoms with Gasteiger partial charge in [-0.2, -0.15) is 0 Å². The zero-order valence-corrected chi connectivity index (χ0v) is 11.9. The van der Waals surface area contributed by atoms with Crippen molar-refractivity contribution in [2.45, 2.75) is 38.7 Å². The fourth-order valence-electron chi connectivity index (χ4n) is 3.69. The SMILES string of the molecule is CCCc1c(NN)ncnc1N1CC2CCC(O)C2C1. The van der Waals surface area contributed by atoms with Gasteiger partial charge in [-0.1, -0.05) is 13.3 Å². The minimum absolute atomic E-state index is 0.145. The molecule has 3 atom stereocenters. The third-order valence-corrected chi connectivity index (χ3v) is 4.68. The number of rotatable bonds is 4. The molecule has 4 N–H and O–H groups in total. The van der Waals surface area contributed by atoms with Crippen molar-refractivity contribution in [3.63, 3.8) is 0 Å². The topological polar surface area (TPSA) is 87.3 Å². The Kier molecular flexibility index (Phi) is 3.76. The third-order valence-electron chi connectivity index (χ3n) is 4.68. The number of nitrogen functional groups attached to an aromatic ring is 1. The van der Waals surface area contributed by atoms with Crippen LogP contribution < -0.4 is 16.2 Å². The fraction of sp³-hybridized carbons (Fsp3) is 0.714. The second-order valence-corrected chi connectivity index (χ2v) is 5.89. The second kappa shape index (κ2) is 5.54. The molecule has 3 rings (SSSR count). The zero-order valence-electron chi connectivity index (χ0n) is 11.9. The first kappa shape index (κ1) is 13.6. The largest absolute Gasteiger partial charge is 0.393 e. The highest BCUT2D eigenvalue weighted by Gasteiger charge is 2.42. The van der Waals surface area contributed by atoms with Gasteiger partial charge in [0.15, 0.2) is 0 Å². The Hall–Kier alpha value is -1.40. The maximum Gasteiger partial charge on any atom is 0.148 e. The van der Waals surface area contributed by atoms with Crippen molar-refractivity contribution in [2.24, 2.45) is 17.7 Å². The van der Waals surface area contributed by atoms with Gasteiger partial charge < -0.3 is 15.4 Å². The lowest BCUT2D eigenvalue weighted by Crippen LogP contribution is -2.27. The lowest BCUT2D eigenvalue weighted by molar-refractivity contribution is 0.133. The van der Waals surface area contributed by atoms with E-state index in [4.69, 9.17) is 5.84 Å². The van der Waals surface area contributed by atoms with Crippen LogP contribution in [0.25, 0.3) is 0 Å². The lowest BCUT2D eigenvalue weighted by atomic mass is 10.00. The summed E-state index contributed by atoms with van der Waals surface area (Å²) in [6, 6.07) is 0. The van der Waals surface area contributed by atoms with Gasteiger partial charge >= 0.3 is 0 Å². The number of aliphatic hydroxyl groups excluding tert-OH is 1. The predicted octanol–water partition coefficient (Wildman–Crippen LogP) is 0.922. The van der Waals surface area contributed by atoms with E-state index in [0.29, 0.717) is 11.8 Å². The van der Waals surface area contributed by atoms with Crippen LogP contribution in [0.5, 0.6) is 0 Å². The average molecular weight is 277 g/mol. The molecule has 1 aromatic heterocycles. The van der Waals surface area contributed by atoms with Crippen LogP contribution in [-0.4, -0.2) is 34.3 Å². The highest BCUT2D eigenvalue weighted by atomic mass is 16.3. The summed E-state index contributed by atoms with van der Waals surface area (Å²) >= 11 is 0. The second-order valence-electron chi connectivity index (χ2n) is 5.89. The average Bonchev–Trinajstić information content (AvgIpc) is 3.02. The number of hydrazine groups is 1. The number of nitrogens with one attached hydrogen (secondary N) is 1. The van der Waals surface area contributed by atoms with Crippen molar-refractivity contribution in [1.29, 1.82) is 0 Å². The summed E-state index contributed by atoms with van der Waals surface area (Å²) in [5, 5.41) is 10.0. The summed E-state index contributed by atoms with van der Waals surface area (Å²) in [5.41, 5.74) is 3.77. The quantitative estimate of drug-likeness (QED) is 0.560. The first-order chi connectivity index (χ1) is 9.74. The van der Waals surface area contributed by atoms with Crippen LogP contribution in [0.2, 0.25) is 0 Å². The molecule has 1 aromatic rings. The van der Waals surface area contributed by atoms with Crippen LogP contribution in [0, 0.1) is 11.8 Å². The van der Waals surface area contributed by atoms with Crippen molar-refractivity contribution in [2.75, 3.05) is 23.4 Å². The van der Waals surface area contributed by atoms with Crippen molar-refractivity contribution in [3.05, 3.63) is 11.9 Å². The smallest absolute Gasteiger partial charge is 0.148 e. The molecule has 6 heteroatoms. The zero-order chi connectivity index (χ0) is 14.1. The normalized spacial score (nSPS) is 28.8. The van der Waals surface area contributed by atoms with Crippen molar-refractivity contribution < 1.29 is 5.11 Å². The van der Waals surface area contributed by atoms with E-state index in [-0.39, 0.29) is 6.10 Å². The minimum atomic E-state index is -0.145. The van der Waals surface area contributed by atoms with Crippen LogP contribution in [0.15, 0.2) is 6.33 Å². The van der Waals surface area contributed by atoms with Crippen LogP contribution in [0.3, 0.4) is 0 Å². The Morgan fingerprint density at radius 1 is 1.40 bits per heavy atom. The maximum atomic E-state index is 10.0. The molecule has 1 aliphatic heterocycles. The number of hydrogen-bond acceptors (Lipinski definition) is 6. The third kappa shape index (κ3) is 2.23. The fourth-order valence-corrected chi connectivity index (χ4v) is 3.69. The molecule has 1 saturated heterocycles. The Morgan fingerprint density at radius 3 is 2.95 bits per heavy atom. The number of nitrogens with zero attached hydrogens (tertiary/aromatic N) is 3. The van der Waals surface area contributed by atoms with E-state index >= 15 is 0 Å². The standard InChI is InChI=1S/C14H23N5O/c1-2-3-10-13(18-15)16-8-17-14(10)19-6-9-4-5-12(20)11(9)7-19/h8-9,11-12,20H,2-7,15H2,1H3,(H,16,17,18). The summed E-state index contributed by atoms with van der Waals surface area (Å²) in [7, 11) is 0. The molecule has 110 valence electrons. The monoisotopic (exact) mass is 277 g/mol. The van der Waals surface area contributed by atoms with Gasteiger partial charge in [-0.25, -0.2) is 15.8 Å². The summed E-state index contributed by atoms with van der Waals surface area (Å²) in [4.78, 5) is 11.0. The molecule has 1 saturated carbocycles. The van der Waals surface area contributed by atoms with Gasteiger partial charge in [-0.05, 0) is 25.2 Å². The molecule has 1 aliphatic carbocycles. The molecular weight excluding hydrogens is 254 g/mol. The number of fused-ring (bicyclic) bond motifs is 1. The van der Waals surface area contributed by atoms with Gasteiger partial charge in [0.05, 0.1) is 6.10 Å². The van der Waals surface area contributed by atoms with Crippen LogP contribution in [0.4, 0.5) is 11.6 Å². The summed E-state index contributed by atoms with van der Waals surface area (Å²) in [5.74, 6) is 8.26. The Balaban J connectivity index is 1.87. The summed E-state index contributed by atoms with van der Waals surface area (Å²) < 4.78 is 0. The van der Waals surface area contributed by atoms with E-state index < -0.39 is 0 Å². The van der Waals surface area contributed by atoms with Crippen molar-refractivity contribution >= 4 is 11.6 Å². The van der Waals surface area contributed by atoms with Crippen LogP contribution in [0.1, 0.15) is 31.7 Å². The number of anilines is 2. The maximum absolute atomic E-state index is 10.0. The molecule has 0 radical (unpaired) electrons. The Labute approximate surface area is 119 Å². The Morgan fingerprint density at radius 2 is 2.25 bits per heavy atom. The molecule has 2 heterocycles. The van der Waals surface area contributed by atoms with Crippen LogP contribution in [-0.2, 0) is 6.42 Å². The predicted molar refractivity (Wildman–Crippen MR) is 78.3 cm³/mol. The number of aliphatic hydroxyl groups is 1. The highest BCUT2D eigenvalue weighted by molar-refractivity contribution is 5.59. The Bertz CT molecular complexity index is 481. The highest BCUT2D eigenvalue weighted by Crippen LogP contribution is 2.40. The molecule has 3 unspecified atom stereocenters. The number of nitrogens with two attached hydrogens (primary N) is 1. The van der Waals surface area contributed by atoms with E-state index in [9.17, 15) is 5.11 Å². The van der Waals surface area contributed by atoms with Crippen LogP contribution >= 0.6 is 0 Å².